The number of thiophene rings is 1. The smallest absolute Gasteiger partial charge is 0.159 e. The van der Waals surface area contributed by atoms with Crippen LogP contribution in [0.4, 0.5) is 8.78 Å². The van der Waals surface area contributed by atoms with Crippen molar-refractivity contribution >= 4 is 11.3 Å². The van der Waals surface area contributed by atoms with Gasteiger partial charge < -0.3 is 5.32 Å². The summed E-state index contributed by atoms with van der Waals surface area (Å²) < 4.78 is 26.2. The maximum atomic E-state index is 13.2. The molecule has 0 aliphatic carbocycles. The number of hydrogen-bond donors (Lipinski definition) is 1. The molecule has 0 saturated heterocycles. The highest BCUT2D eigenvalue weighted by atomic mass is 32.1. The molecule has 102 valence electrons. The molecule has 2 aromatic rings. The second-order valence-electron chi connectivity index (χ2n) is 4.55. The van der Waals surface area contributed by atoms with Crippen molar-refractivity contribution in [3.63, 3.8) is 0 Å². The van der Waals surface area contributed by atoms with Crippen molar-refractivity contribution in [3.8, 4) is 0 Å². The first-order valence-electron chi connectivity index (χ1n) is 6.32. The lowest BCUT2D eigenvalue weighted by Gasteiger charge is -2.17. The second kappa shape index (κ2) is 6.26. The summed E-state index contributed by atoms with van der Waals surface area (Å²) in [5.41, 5.74) is 2.00. The van der Waals surface area contributed by atoms with Gasteiger partial charge in [-0.1, -0.05) is 13.0 Å². The van der Waals surface area contributed by atoms with E-state index in [4.69, 9.17) is 0 Å². The van der Waals surface area contributed by atoms with E-state index in [1.165, 1.54) is 22.6 Å². The van der Waals surface area contributed by atoms with Gasteiger partial charge in [0.25, 0.3) is 0 Å². The summed E-state index contributed by atoms with van der Waals surface area (Å²) in [7, 11) is 0. The standard InChI is InChI=1S/C15H17F2NS/c1-3-18-15(12-6-10(2)19-9-12)8-11-4-5-13(16)14(17)7-11/h4-7,9,15,18H,3,8H2,1-2H3. The monoisotopic (exact) mass is 281 g/mol. The van der Waals surface area contributed by atoms with Crippen LogP contribution >= 0.6 is 11.3 Å². The molecule has 0 radical (unpaired) electrons. The van der Waals surface area contributed by atoms with E-state index in [-0.39, 0.29) is 6.04 Å². The van der Waals surface area contributed by atoms with Crippen LogP contribution in [0.1, 0.15) is 29.0 Å². The molecule has 0 saturated carbocycles. The molecule has 0 bridgehead atoms. The molecule has 1 atom stereocenters. The number of likely N-dealkylation sites (N-methyl/N-ethyl adjacent to an activating group) is 1. The van der Waals surface area contributed by atoms with Gasteiger partial charge in [0.2, 0.25) is 0 Å². The number of halogens is 2. The van der Waals surface area contributed by atoms with E-state index >= 15 is 0 Å². The molecule has 1 heterocycles. The summed E-state index contributed by atoms with van der Waals surface area (Å²) in [6, 6.07) is 6.38. The lowest BCUT2D eigenvalue weighted by atomic mass is 10.0. The fraction of sp³-hybridized carbons (Fsp3) is 0.333. The van der Waals surface area contributed by atoms with Crippen LogP contribution in [-0.4, -0.2) is 6.54 Å². The SMILES string of the molecule is CCNC(Cc1ccc(F)c(F)c1)c1csc(C)c1. The predicted octanol–water partition coefficient (Wildman–Crippen LogP) is 4.23. The van der Waals surface area contributed by atoms with Gasteiger partial charge in [-0.25, -0.2) is 8.78 Å². The Kier molecular flexibility index (Phi) is 4.66. The maximum Gasteiger partial charge on any atom is 0.159 e. The van der Waals surface area contributed by atoms with Crippen molar-refractivity contribution in [1.29, 1.82) is 0 Å². The van der Waals surface area contributed by atoms with Crippen LogP contribution in [0.5, 0.6) is 0 Å². The normalized spacial score (nSPS) is 12.6. The molecule has 19 heavy (non-hydrogen) atoms. The zero-order chi connectivity index (χ0) is 13.8. The molecule has 0 fully saturated rings. The Labute approximate surface area is 116 Å². The Bertz CT molecular complexity index is 551. The Morgan fingerprint density at radius 1 is 1.21 bits per heavy atom. The van der Waals surface area contributed by atoms with Crippen molar-refractivity contribution in [3.05, 3.63) is 57.3 Å². The highest BCUT2D eigenvalue weighted by Gasteiger charge is 2.13. The van der Waals surface area contributed by atoms with E-state index in [0.717, 1.165) is 12.1 Å². The zero-order valence-corrected chi connectivity index (χ0v) is 11.9. The molecule has 2 rings (SSSR count). The summed E-state index contributed by atoms with van der Waals surface area (Å²) in [6.07, 6.45) is 0.654. The fourth-order valence-electron chi connectivity index (χ4n) is 2.10. The van der Waals surface area contributed by atoms with E-state index in [1.54, 1.807) is 17.4 Å². The molecule has 0 amide bonds. The first kappa shape index (κ1) is 14.2. The van der Waals surface area contributed by atoms with Crippen LogP contribution in [0.15, 0.2) is 29.6 Å². The lowest BCUT2D eigenvalue weighted by Crippen LogP contribution is -2.22. The number of hydrogen-bond acceptors (Lipinski definition) is 2. The van der Waals surface area contributed by atoms with Gasteiger partial charge >= 0.3 is 0 Å². The summed E-state index contributed by atoms with van der Waals surface area (Å²) in [5.74, 6) is -1.58. The third-order valence-corrected chi connectivity index (χ3v) is 3.91. The summed E-state index contributed by atoms with van der Waals surface area (Å²) in [5, 5.41) is 5.50. The van der Waals surface area contributed by atoms with Crippen molar-refractivity contribution in [2.75, 3.05) is 6.54 Å². The van der Waals surface area contributed by atoms with Crippen LogP contribution in [0.3, 0.4) is 0 Å². The first-order valence-corrected chi connectivity index (χ1v) is 7.20. The largest absolute Gasteiger partial charge is 0.310 e. The highest BCUT2D eigenvalue weighted by Crippen LogP contribution is 2.24. The van der Waals surface area contributed by atoms with Crippen LogP contribution in [-0.2, 0) is 6.42 Å². The number of rotatable bonds is 5. The molecular weight excluding hydrogens is 264 g/mol. The molecule has 1 unspecified atom stereocenters. The molecule has 1 aromatic carbocycles. The quantitative estimate of drug-likeness (QED) is 0.865. The lowest BCUT2D eigenvalue weighted by molar-refractivity contribution is 0.502. The van der Waals surface area contributed by atoms with E-state index < -0.39 is 11.6 Å². The Hall–Kier alpha value is -1.26. The maximum absolute atomic E-state index is 13.2. The van der Waals surface area contributed by atoms with Crippen LogP contribution in [0.2, 0.25) is 0 Å². The van der Waals surface area contributed by atoms with Crippen LogP contribution in [0, 0.1) is 18.6 Å². The highest BCUT2D eigenvalue weighted by molar-refractivity contribution is 7.10. The van der Waals surface area contributed by atoms with Gasteiger partial charge in [-0.3, -0.25) is 0 Å². The molecule has 0 aliphatic heterocycles. The van der Waals surface area contributed by atoms with Crippen molar-refractivity contribution in [2.24, 2.45) is 0 Å². The molecule has 4 heteroatoms. The summed E-state index contributed by atoms with van der Waals surface area (Å²) >= 11 is 1.70. The third-order valence-electron chi connectivity index (χ3n) is 3.03. The fourth-order valence-corrected chi connectivity index (χ4v) is 2.86. The molecule has 1 N–H and O–H groups in total. The summed E-state index contributed by atoms with van der Waals surface area (Å²) in [4.78, 5) is 1.25. The summed E-state index contributed by atoms with van der Waals surface area (Å²) in [6.45, 7) is 4.94. The van der Waals surface area contributed by atoms with Gasteiger partial charge in [0.05, 0.1) is 0 Å². The van der Waals surface area contributed by atoms with Gasteiger partial charge in [-0.05, 0) is 54.6 Å². The second-order valence-corrected chi connectivity index (χ2v) is 5.67. The first-order chi connectivity index (χ1) is 9.10. The third kappa shape index (κ3) is 3.61. The minimum Gasteiger partial charge on any atom is -0.310 e. The Morgan fingerprint density at radius 2 is 2.00 bits per heavy atom. The minimum absolute atomic E-state index is 0.139. The van der Waals surface area contributed by atoms with Gasteiger partial charge in [0, 0.05) is 10.9 Å². The van der Waals surface area contributed by atoms with Crippen molar-refractivity contribution in [1.82, 2.24) is 5.32 Å². The minimum atomic E-state index is -0.796. The topological polar surface area (TPSA) is 12.0 Å². The van der Waals surface area contributed by atoms with Crippen molar-refractivity contribution < 1.29 is 8.78 Å². The number of nitrogens with one attached hydrogen (secondary N) is 1. The van der Waals surface area contributed by atoms with E-state index in [2.05, 4.69) is 23.7 Å². The number of benzene rings is 1. The molecule has 0 aliphatic rings. The van der Waals surface area contributed by atoms with E-state index in [0.29, 0.717) is 6.42 Å². The molecular formula is C15H17F2NS. The van der Waals surface area contributed by atoms with Gasteiger partial charge in [-0.2, -0.15) is 0 Å². The molecule has 1 nitrogen and oxygen atoms in total. The van der Waals surface area contributed by atoms with Gasteiger partial charge in [0.1, 0.15) is 0 Å². The molecule has 1 aromatic heterocycles. The zero-order valence-electron chi connectivity index (χ0n) is 11.0. The Morgan fingerprint density at radius 3 is 2.58 bits per heavy atom. The average Bonchev–Trinajstić information content (AvgIpc) is 2.80. The van der Waals surface area contributed by atoms with Gasteiger partial charge in [-0.15, -0.1) is 11.3 Å². The van der Waals surface area contributed by atoms with E-state index in [1.807, 2.05) is 6.92 Å². The van der Waals surface area contributed by atoms with Crippen molar-refractivity contribution in [2.45, 2.75) is 26.3 Å². The van der Waals surface area contributed by atoms with E-state index in [9.17, 15) is 8.78 Å². The molecule has 0 spiro atoms. The van der Waals surface area contributed by atoms with Crippen LogP contribution < -0.4 is 5.32 Å². The number of aryl methyl sites for hydroxylation is 1. The predicted molar refractivity (Wildman–Crippen MR) is 75.5 cm³/mol. The van der Waals surface area contributed by atoms with Crippen LogP contribution in [0.25, 0.3) is 0 Å². The Balaban J connectivity index is 2.18. The van der Waals surface area contributed by atoms with Gasteiger partial charge in [0.15, 0.2) is 11.6 Å². The average molecular weight is 281 g/mol.